The standard InChI is InChI=1S/C14H20N2O2S/c1-11(13-6-4-8-19-13)15-14(18)9-16-7-3-2-5-12(16)10-17/h4,6,8,10-12H,2-3,5,7,9H2,1H3,(H,15,18). The van der Waals surface area contributed by atoms with Gasteiger partial charge in [-0.3, -0.25) is 9.69 Å². The van der Waals surface area contributed by atoms with E-state index in [1.165, 1.54) is 0 Å². The highest BCUT2D eigenvalue weighted by Gasteiger charge is 2.24. The summed E-state index contributed by atoms with van der Waals surface area (Å²) < 4.78 is 0. The SMILES string of the molecule is CC(NC(=O)CN1CCCCC1C=O)c1cccs1. The van der Waals surface area contributed by atoms with Gasteiger partial charge in [-0.1, -0.05) is 12.5 Å². The Hall–Kier alpha value is -1.20. The van der Waals surface area contributed by atoms with Crippen molar-refractivity contribution in [3.05, 3.63) is 22.4 Å². The molecule has 0 bridgehead atoms. The molecule has 2 heterocycles. The van der Waals surface area contributed by atoms with Crippen LogP contribution in [0.15, 0.2) is 17.5 Å². The summed E-state index contributed by atoms with van der Waals surface area (Å²) in [5.41, 5.74) is 0. The Kier molecular flexibility index (Phi) is 5.10. The van der Waals surface area contributed by atoms with Crippen molar-refractivity contribution in [1.29, 1.82) is 0 Å². The highest BCUT2D eigenvalue weighted by Crippen LogP contribution is 2.18. The third-order valence-electron chi connectivity index (χ3n) is 3.52. The minimum atomic E-state index is -0.0865. The summed E-state index contributed by atoms with van der Waals surface area (Å²) in [6.45, 7) is 3.14. The third kappa shape index (κ3) is 3.88. The summed E-state index contributed by atoms with van der Waals surface area (Å²) in [4.78, 5) is 26.1. The van der Waals surface area contributed by atoms with E-state index in [4.69, 9.17) is 0 Å². The predicted octanol–water partition coefficient (Wildman–Crippen LogP) is 1.98. The first-order chi connectivity index (χ1) is 9.20. The molecule has 0 aromatic carbocycles. The van der Waals surface area contributed by atoms with E-state index >= 15 is 0 Å². The third-order valence-corrected chi connectivity index (χ3v) is 4.57. The monoisotopic (exact) mass is 280 g/mol. The highest BCUT2D eigenvalue weighted by atomic mass is 32.1. The normalized spacial score (nSPS) is 21.8. The maximum Gasteiger partial charge on any atom is 0.234 e. The molecule has 19 heavy (non-hydrogen) atoms. The van der Waals surface area contributed by atoms with Crippen LogP contribution in [0.3, 0.4) is 0 Å². The molecule has 104 valence electrons. The minimum absolute atomic E-state index is 0.00495. The Morgan fingerprint density at radius 3 is 3.16 bits per heavy atom. The predicted molar refractivity (Wildman–Crippen MR) is 76.2 cm³/mol. The average molecular weight is 280 g/mol. The molecule has 1 N–H and O–H groups in total. The van der Waals surface area contributed by atoms with Crippen molar-refractivity contribution in [2.24, 2.45) is 0 Å². The summed E-state index contributed by atoms with van der Waals surface area (Å²) in [5, 5.41) is 4.99. The summed E-state index contributed by atoms with van der Waals surface area (Å²) in [6, 6.07) is 3.95. The van der Waals surface area contributed by atoms with Gasteiger partial charge >= 0.3 is 0 Å². The number of thiophene rings is 1. The van der Waals surface area contributed by atoms with Crippen LogP contribution in [0, 0.1) is 0 Å². The molecule has 1 aliphatic heterocycles. The average Bonchev–Trinajstić information content (AvgIpc) is 2.93. The second-order valence-corrected chi connectivity index (χ2v) is 5.95. The lowest BCUT2D eigenvalue weighted by Crippen LogP contribution is -2.46. The maximum atomic E-state index is 12.0. The van der Waals surface area contributed by atoms with Crippen molar-refractivity contribution in [3.8, 4) is 0 Å². The number of aldehydes is 1. The van der Waals surface area contributed by atoms with E-state index in [0.717, 1.165) is 37.0 Å². The van der Waals surface area contributed by atoms with Gasteiger partial charge in [0.15, 0.2) is 0 Å². The molecule has 0 saturated carbocycles. The summed E-state index contributed by atoms with van der Waals surface area (Å²) in [7, 11) is 0. The van der Waals surface area contributed by atoms with Crippen LogP contribution in [0.1, 0.15) is 37.1 Å². The van der Waals surface area contributed by atoms with Crippen molar-refractivity contribution in [2.45, 2.75) is 38.3 Å². The Labute approximate surface area is 117 Å². The summed E-state index contributed by atoms with van der Waals surface area (Å²) in [5.74, 6) is -0.00495. The molecule has 1 saturated heterocycles. The second-order valence-electron chi connectivity index (χ2n) is 4.97. The maximum absolute atomic E-state index is 12.0. The van der Waals surface area contributed by atoms with Crippen LogP contribution in [-0.2, 0) is 9.59 Å². The Morgan fingerprint density at radius 2 is 2.47 bits per heavy atom. The van der Waals surface area contributed by atoms with E-state index in [1.807, 2.05) is 29.3 Å². The van der Waals surface area contributed by atoms with Gasteiger partial charge < -0.3 is 10.1 Å². The Balaban J connectivity index is 1.85. The van der Waals surface area contributed by atoms with E-state index < -0.39 is 0 Å². The van der Waals surface area contributed by atoms with Crippen LogP contribution in [-0.4, -0.2) is 36.2 Å². The molecule has 2 unspecified atom stereocenters. The van der Waals surface area contributed by atoms with E-state index in [-0.39, 0.29) is 18.0 Å². The molecule has 2 rings (SSSR count). The van der Waals surface area contributed by atoms with Gasteiger partial charge in [0.05, 0.1) is 18.6 Å². The van der Waals surface area contributed by atoms with Crippen molar-refractivity contribution >= 4 is 23.5 Å². The largest absolute Gasteiger partial charge is 0.348 e. The fraction of sp³-hybridized carbons (Fsp3) is 0.571. The first kappa shape index (κ1) is 14.2. The number of carbonyl (C=O) groups is 2. The number of nitrogens with one attached hydrogen (secondary N) is 1. The minimum Gasteiger partial charge on any atom is -0.348 e. The zero-order valence-corrected chi connectivity index (χ0v) is 12.0. The van der Waals surface area contributed by atoms with E-state index in [9.17, 15) is 9.59 Å². The van der Waals surface area contributed by atoms with Crippen molar-refractivity contribution in [3.63, 3.8) is 0 Å². The molecule has 1 fully saturated rings. The lowest BCUT2D eigenvalue weighted by Gasteiger charge is -2.31. The van der Waals surface area contributed by atoms with Crippen LogP contribution >= 0.6 is 11.3 Å². The van der Waals surface area contributed by atoms with Crippen molar-refractivity contribution in [2.75, 3.05) is 13.1 Å². The number of piperidine rings is 1. The zero-order chi connectivity index (χ0) is 13.7. The number of amides is 1. The van der Waals surface area contributed by atoms with Gasteiger partial charge in [0, 0.05) is 4.88 Å². The molecule has 0 spiro atoms. The molecule has 2 atom stereocenters. The highest BCUT2D eigenvalue weighted by molar-refractivity contribution is 7.10. The Bertz CT molecular complexity index is 419. The first-order valence-electron chi connectivity index (χ1n) is 6.73. The van der Waals surface area contributed by atoms with Gasteiger partial charge in [-0.25, -0.2) is 0 Å². The number of hydrogen-bond donors (Lipinski definition) is 1. The molecule has 1 aromatic rings. The van der Waals surface area contributed by atoms with Gasteiger partial charge in [0.25, 0.3) is 0 Å². The number of rotatable bonds is 5. The molecule has 0 aliphatic carbocycles. The number of likely N-dealkylation sites (tertiary alicyclic amines) is 1. The number of carbonyl (C=O) groups excluding carboxylic acids is 2. The van der Waals surface area contributed by atoms with Gasteiger partial charge in [-0.15, -0.1) is 11.3 Å². The van der Waals surface area contributed by atoms with Crippen molar-refractivity contribution in [1.82, 2.24) is 10.2 Å². The van der Waals surface area contributed by atoms with Crippen LogP contribution in [0.5, 0.6) is 0 Å². The van der Waals surface area contributed by atoms with Gasteiger partial charge in [0.1, 0.15) is 6.29 Å². The van der Waals surface area contributed by atoms with Crippen LogP contribution in [0.4, 0.5) is 0 Å². The van der Waals surface area contributed by atoms with Gasteiger partial charge in [0.2, 0.25) is 5.91 Å². The molecular weight excluding hydrogens is 260 g/mol. The van der Waals surface area contributed by atoms with Crippen LogP contribution in [0.25, 0.3) is 0 Å². The van der Waals surface area contributed by atoms with Gasteiger partial charge in [-0.2, -0.15) is 0 Å². The number of hydrogen-bond acceptors (Lipinski definition) is 4. The fourth-order valence-corrected chi connectivity index (χ4v) is 3.18. The molecule has 1 aromatic heterocycles. The molecule has 1 aliphatic rings. The Morgan fingerprint density at radius 1 is 1.63 bits per heavy atom. The lowest BCUT2D eigenvalue weighted by molar-refractivity contribution is -0.124. The first-order valence-corrected chi connectivity index (χ1v) is 7.61. The van der Waals surface area contributed by atoms with Crippen molar-refractivity contribution < 1.29 is 9.59 Å². The smallest absolute Gasteiger partial charge is 0.234 e. The molecule has 4 nitrogen and oxygen atoms in total. The van der Waals surface area contributed by atoms with E-state index in [0.29, 0.717) is 6.54 Å². The lowest BCUT2D eigenvalue weighted by atomic mass is 10.0. The second kappa shape index (κ2) is 6.82. The van der Waals surface area contributed by atoms with Crippen LogP contribution < -0.4 is 5.32 Å². The number of nitrogens with zero attached hydrogens (tertiary/aromatic N) is 1. The molecule has 5 heteroatoms. The molecular formula is C14H20N2O2S. The molecule has 0 radical (unpaired) electrons. The van der Waals surface area contributed by atoms with E-state index in [2.05, 4.69) is 5.32 Å². The molecule has 1 amide bonds. The topological polar surface area (TPSA) is 49.4 Å². The summed E-state index contributed by atoms with van der Waals surface area (Å²) in [6.07, 6.45) is 3.98. The van der Waals surface area contributed by atoms with E-state index in [1.54, 1.807) is 11.3 Å². The van der Waals surface area contributed by atoms with Gasteiger partial charge in [-0.05, 0) is 37.8 Å². The van der Waals surface area contributed by atoms with Crippen LogP contribution in [0.2, 0.25) is 0 Å². The summed E-state index contributed by atoms with van der Waals surface area (Å²) >= 11 is 1.64. The zero-order valence-electron chi connectivity index (χ0n) is 11.2. The fourth-order valence-electron chi connectivity index (χ4n) is 2.45. The quantitative estimate of drug-likeness (QED) is 0.839.